The lowest BCUT2D eigenvalue weighted by Crippen LogP contribution is -2.59. The number of primary amides is 1. The summed E-state index contributed by atoms with van der Waals surface area (Å²) in [5.41, 5.74) is 8.69. The van der Waals surface area contributed by atoms with Gasteiger partial charge in [-0.05, 0) is 80.8 Å². The van der Waals surface area contributed by atoms with Gasteiger partial charge in [-0.15, -0.1) is 0 Å². The molecule has 6 N–H and O–H groups in total. The number of hydrogen-bond acceptors (Lipinski definition) is 7. The number of rotatable bonds is 14. The van der Waals surface area contributed by atoms with Crippen LogP contribution in [-0.2, 0) is 24.0 Å². The van der Waals surface area contributed by atoms with E-state index in [-0.39, 0.29) is 60.8 Å². The number of H-pyrrole nitrogens is 1. The van der Waals surface area contributed by atoms with Gasteiger partial charge in [-0.2, -0.15) is 0 Å². The van der Waals surface area contributed by atoms with E-state index in [9.17, 15) is 33.6 Å². The highest BCUT2D eigenvalue weighted by molar-refractivity contribution is 6.03. The van der Waals surface area contributed by atoms with Gasteiger partial charge in [0, 0.05) is 54.2 Å². The molecule has 2 saturated heterocycles. The zero-order valence-corrected chi connectivity index (χ0v) is 31.6. The molecular formula is C43H48N6O7. The molecule has 13 heteroatoms. The van der Waals surface area contributed by atoms with Gasteiger partial charge in [0.15, 0.2) is 11.6 Å². The molecule has 0 unspecified atom stereocenters. The summed E-state index contributed by atoms with van der Waals surface area (Å²) in [4.78, 5) is 97.1. The number of hydrogen-bond donors (Lipinski definition) is 5. The number of carbonyl (C=O) groups excluding carboxylic acids is 7. The van der Waals surface area contributed by atoms with Gasteiger partial charge >= 0.3 is 0 Å². The van der Waals surface area contributed by atoms with Gasteiger partial charge in [-0.25, -0.2) is 0 Å². The summed E-state index contributed by atoms with van der Waals surface area (Å²) in [5, 5.41) is 9.38. The van der Waals surface area contributed by atoms with Crippen LogP contribution in [0.2, 0.25) is 0 Å². The molecule has 0 spiro atoms. The molecule has 4 aromatic rings. The van der Waals surface area contributed by atoms with Crippen LogP contribution in [0.5, 0.6) is 0 Å². The van der Waals surface area contributed by atoms with Crippen molar-refractivity contribution in [2.24, 2.45) is 5.73 Å². The molecule has 13 nitrogen and oxygen atoms in total. The Balaban J connectivity index is 1.24. The molecule has 2 aliphatic heterocycles. The molecule has 56 heavy (non-hydrogen) atoms. The Bertz CT molecular complexity index is 2080. The Labute approximate surface area is 325 Å². The third kappa shape index (κ3) is 9.39. The fourth-order valence-corrected chi connectivity index (χ4v) is 8.10. The third-order valence-corrected chi connectivity index (χ3v) is 10.9. The summed E-state index contributed by atoms with van der Waals surface area (Å²) in [7, 11) is 0. The molecule has 5 atom stereocenters. The molecule has 2 aliphatic rings. The summed E-state index contributed by atoms with van der Waals surface area (Å²) in [6, 6.07) is 22.1. The lowest BCUT2D eigenvalue weighted by atomic mass is 9.85. The summed E-state index contributed by atoms with van der Waals surface area (Å²) in [5.74, 6) is -3.08. The summed E-state index contributed by atoms with van der Waals surface area (Å²) >= 11 is 0. The molecule has 3 aromatic carbocycles. The number of aromatic nitrogens is 1. The molecule has 0 saturated carbocycles. The first-order valence-electron chi connectivity index (χ1n) is 19.1. The average molecular weight is 761 g/mol. The molecule has 3 heterocycles. The normalized spacial score (nSPS) is 20.1. The van der Waals surface area contributed by atoms with E-state index in [1.54, 1.807) is 24.3 Å². The van der Waals surface area contributed by atoms with E-state index in [0.717, 1.165) is 11.1 Å². The number of Topliss-reactive ketones (excluding diaryl/α,β-unsaturated/α-hetero) is 2. The van der Waals surface area contributed by atoms with Gasteiger partial charge < -0.3 is 31.6 Å². The minimum atomic E-state index is -1.05. The second-order valence-corrected chi connectivity index (χ2v) is 14.9. The van der Waals surface area contributed by atoms with E-state index in [1.807, 2.05) is 60.7 Å². The van der Waals surface area contributed by atoms with Crippen molar-refractivity contribution >= 4 is 52.0 Å². The first-order valence-corrected chi connectivity index (χ1v) is 19.1. The van der Waals surface area contributed by atoms with Crippen LogP contribution in [0.3, 0.4) is 0 Å². The minimum Gasteiger partial charge on any atom is -0.370 e. The smallest absolute Gasteiger partial charge is 0.268 e. The van der Waals surface area contributed by atoms with Crippen molar-refractivity contribution < 1.29 is 33.6 Å². The molecule has 0 radical (unpaired) electrons. The molecule has 0 bridgehead atoms. The van der Waals surface area contributed by atoms with Gasteiger partial charge in [0.2, 0.25) is 23.6 Å². The van der Waals surface area contributed by atoms with Crippen LogP contribution in [0.1, 0.15) is 103 Å². The van der Waals surface area contributed by atoms with Crippen molar-refractivity contribution in [1.82, 2.24) is 25.8 Å². The van der Waals surface area contributed by atoms with Gasteiger partial charge in [0.1, 0.15) is 17.8 Å². The van der Waals surface area contributed by atoms with Crippen LogP contribution < -0.4 is 21.7 Å². The topological polar surface area (TPSA) is 201 Å². The molecule has 6 rings (SSSR count). The van der Waals surface area contributed by atoms with Crippen molar-refractivity contribution in [1.29, 1.82) is 0 Å². The number of nitrogens with one attached hydrogen (secondary N) is 4. The average Bonchev–Trinajstić information content (AvgIpc) is 3.80. The first kappa shape index (κ1) is 39.6. The number of fused-ring (bicyclic) bond motifs is 2. The number of amides is 5. The van der Waals surface area contributed by atoms with Crippen molar-refractivity contribution in [3.05, 3.63) is 107 Å². The zero-order valence-electron chi connectivity index (χ0n) is 31.6. The highest BCUT2D eigenvalue weighted by atomic mass is 16.2. The number of aromatic amines is 1. The van der Waals surface area contributed by atoms with Crippen LogP contribution in [0.4, 0.5) is 0 Å². The highest BCUT2D eigenvalue weighted by Gasteiger charge is 2.46. The monoisotopic (exact) mass is 760 g/mol. The number of ketones is 2. The van der Waals surface area contributed by atoms with Crippen LogP contribution in [0.15, 0.2) is 84.9 Å². The largest absolute Gasteiger partial charge is 0.370 e. The fourth-order valence-electron chi connectivity index (χ4n) is 8.10. The second kappa shape index (κ2) is 17.6. The molecule has 5 amide bonds. The SMILES string of the molecule is CC(=O)N[C@@H]1CC[C@H](NC(=O)c2cc3cc(C(C)=O)ccc3[nH]2)C(=O)N2[C@H](CC[C@H]2C(=O)N[C@@H](CCC(N)=O)C(=O)CC(c2ccccc2)c2ccccc2)C1. The maximum atomic E-state index is 14.4. The van der Waals surface area contributed by atoms with E-state index in [0.29, 0.717) is 42.1 Å². The fraction of sp³-hybridized carbons (Fsp3) is 0.372. The minimum absolute atomic E-state index is 0.0119. The predicted molar refractivity (Wildman–Crippen MR) is 209 cm³/mol. The Hall–Kier alpha value is -6.11. The lowest BCUT2D eigenvalue weighted by molar-refractivity contribution is -0.143. The molecule has 2 fully saturated rings. The third-order valence-electron chi connectivity index (χ3n) is 10.9. The first-order chi connectivity index (χ1) is 26.9. The second-order valence-electron chi connectivity index (χ2n) is 14.9. The van der Waals surface area contributed by atoms with Crippen molar-refractivity contribution in [2.45, 2.75) is 101 Å². The Kier molecular flexibility index (Phi) is 12.4. The quantitative estimate of drug-likeness (QED) is 0.119. The van der Waals surface area contributed by atoms with Crippen LogP contribution in [0, 0.1) is 0 Å². The number of carbonyl (C=O) groups is 7. The standard InChI is InChI=1S/C43H48N6O7/c1-25(50)29-13-16-34-30(21-29)22-37(46-34)41(54)48-36-17-14-31(45-26(2)51)23-32-15-19-38(49(32)43(36)56)42(55)47-35(18-20-40(44)53)39(52)24-33(27-9-5-3-6-10-27)28-11-7-4-8-12-28/h3-13,16,21-22,31-33,35-36,38,46H,14-15,17-20,23-24H2,1-2H3,(H2,44,53)(H,45,51)(H,47,55)(H,48,54)/t31-,32-,35+,36+,38+/m1/s1. The van der Waals surface area contributed by atoms with Crippen molar-refractivity contribution in [3.8, 4) is 0 Å². The Morgan fingerprint density at radius 1 is 0.839 bits per heavy atom. The number of benzene rings is 3. The maximum Gasteiger partial charge on any atom is 0.268 e. The molecule has 292 valence electrons. The van der Waals surface area contributed by atoms with E-state index >= 15 is 0 Å². The van der Waals surface area contributed by atoms with E-state index in [4.69, 9.17) is 5.73 Å². The number of nitrogens with zero attached hydrogens (tertiary/aromatic N) is 1. The van der Waals surface area contributed by atoms with Crippen molar-refractivity contribution in [3.63, 3.8) is 0 Å². The van der Waals surface area contributed by atoms with Gasteiger partial charge in [-0.3, -0.25) is 33.6 Å². The van der Waals surface area contributed by atoms with E-state index in [2.05, 4.69) is 20.9 Å². The maximum absolute atomic E-state index is 14.4. The summed E-state index contributed by atoms with van der Waals surface area (Å²) < 4.78 is 0. The van der Waals surface area contributed by atoms with Crippen molar-refractivity contribution in [2.75, 3.05) is 0 Å². The predicted octanol–water partition coefficient (Wildman–Crippen LogP) is 4.06. The van der Waals surface area contributed by atoms with Crippen LogP contribution >= 0.6 is 0 Å². The molecular weight excluding hydrogens is 713 g/mol. The van der Waals surface area contributed by atoms with Gasteiger partial charge in [-0.1, -0.05) is 60.7 Å². The van der Waals surface area contributed by atoms with Gasteiger partial charge in [0.25, 0.3) is 5.91 Å². The summed E-state index contributed by atoms with van der Waals surface area (Å²) in [6.45, 7) is 2.88. The lowest BCUT2D eigenvalue weighted by Gasteiger charge is -2.38. The van der Waals surface area contributed by atoms with E-state index in [1.165, 1.54) is 18.7 Å². The molecule has 1 aromatic heterocycles. The van der Waals surface area contributed by atoms with E-state index < -0.39 is 47.8 Å². The summed E-state index contributed by atoms with van der Waals surface area (Å²) in [6.07, 6.45) is 1.68. The zero-order chi connectivity index (χ0) is 39.9. The van der Waals surface area contributed by atoms with Crippen LogP contribution in [-0.4, -0.2) is 81.2 Å². The Morgan fingerprint density at radius 3 is 2.14 bits per heavy atom. The van der Waals surface area contributed by atoms with Gasteiger partial charge in [0.05, 0.1) is 6.04 Å². The molecule has 0 aliphatic carbocycles. The van der Waals surface area contributed by atoms with Crippen LogP contribution in [0.25, 0.3) is 10.9 Å². The number of nitrogens with two attached hydrogens (primary N) is 1. The highest BCUT2D eigenvalue weighted by Crippen LogP contribution is 2.33. The Morgan fingerprint density at radius 2 is 1.52 bits per heavy atom.